The van der Waals surface area contributed by atoms with Crippen molar-refractivity contribution in [1.29, 1.82) is 5.26 Å². The Balaban J connectivity index is 3.12. The van der Waals surface area contributed by atoms with Crippen LogP contribution in [0.15, 0.2) is 22.7 Å². The van der Waals surface area contributed by atoms with Crippen molar-refractivity contribution < 1.29 is 4.74 Å². The molecule has 0 bridgehead atoms. The predicted octanol–water partition coefficient (Wildman–Crippen LogP) is 2.62. The second-order valence-corrected chi connectivity index (χ2v) is 2.93. The zero-order valence-electron chi connectivity index (χ0n) is 5.97. The third-order valence-electron chi connectivity index (χ3n) is 1.31. The van der Waals surface area contributed by atoms with Crippen molar-refractivity contribution in [3.8, 4) is 12.0 Å². The zero-order chi connectivity index (χ0) is 8.27. The minimum atomic E-state index is 0.593. The van der Waals surface area contributed by atoms with E-state index < -0.39 is 0 Å². The molecule has 11 heavy (non-hydrogen) atoms. The number of ether oxygens (including phenoxy) is 1. The second-order valence-electron chi connectivity index (χ2n) is 2.08. The third kappa shape index (κ3) is 1.72. The molecule has 0 aliphatic carbocycles. The maximum atomic E-state index is 8.28. The van der Waals surface area contributed by atoms with Gasteiger partial charge in [-0.1, -0.05) is 12.1 Å². The molecule has 0 saturated carbocycles. The minimum Gasteiger partial charge on any atom is -0.387 e. The van der Waals surface area contributed by atoms with Gasteiger partial charge in [-0.25, -0.2) is 0 Å². The summed E-state index contributed by atoms with van der Waals surface area (Å²) in [5, 5.41) is 8.28. The first-order chi connectivity index (χ1) is 5.25. The third-order valence-corrected chi connectivity index (χ3v) is 1.94. The summed E-state index contributed by atoms with van der Waals surface area (Å²) in [5.74, 6) is 0.593. The highest BCUT2D eigenvalue weighted by molar-refractivity contribution is 9.10. The van der Waals surface area contributed by atoms with E-state index in [1.807, 2.05) is 25.1 Å². The molecule has 0 spiro atoms. The molecule has 0 amide bonds. The van der Waals surface area contributed by atoms with Gasteiger partial charge in [0.25, 0.3) is 6.26 Å². The maximum Gasteiger partial charge on any atom is 0.292 e. The van der Waals surface area contributed by atoms with E-state index in [1.165, 1.54) is 0 Å². The van der Waals surface area contributed by atoms with Crippen molar-refractivity contribution in [2.75, 3.05) is 0 Å². The molecule has 2 nitrogen and oxygen atoms in total. The topological polar surface area (TPSA) is 33.0 Å². The van der Waals surface area contributed by atoms with Crippen LogP contribution in [0.3, 0.4) is 0 Å². The molecule has 0 aliphatic heterocycles. The summed E-state index contributed by atoms with van der Waals surface area (Å²) in [4.78, 5) is 0. The smallest absolute Gasteiger partial charge is 0.292 e. The molecule has 0 unspecified atom stereocenters. The van der Waals surface area contributed by atoms with Gasteiger partial charge in [0.15, 0.2) is 5.75 Å². The molecule has 0 atom stereocenters. The highest BCUT2D eigenvalue weighted by Gasteiger charge is 2.02. The van der Waals surface area contributed by atoms with E-state index in [0.29, 0.717) is 5.75 Å². The molecular formula is C8H6BrNO. The average molecular weight is 212 g/mol. The molecule has 1 aromatic carbocycles. The van der Waals surface area contributed by atoms with Crippen molar-refractivity contribution in [1.82, 2.24) is 0 Å². The second kappa shape index (κ2) is 3.40. The Morgan fingerprint density at radius 2 is 2.27 bits per heavy atom. The van der Waals surface area contributed by atoms with Gasteiger partial charge in [-0.05, 0) is 34.5 Å². The van der Waals surface area contributed by atoms with E-state index in [-0.39, 0.29) is 0 Å². The molecule has 1 aromatic rings. The van der Waals surface area contributed by atoms with Gasteiger partial charge >= 0.3 is 0 Å². The molecule has 0 N–H and O–H groups in total. The van der Waals surface area contributed by atoms with Crippen molar-refractivity contribution in [2.45, 2.75) is 6.92 Å². The lowest BCUT2D eigenvalue weighted by Gasteiger charge is -2.01. The normalized spacial score (nSPS) is 8.82. The lowest BCUT2D eigenvalue weighted by atomic mass is 10.2. The van der Waals surface area contributed by atoms with Gasteiger partial charge in [0.2, 0.25) is 0 Å². The number of hydrogen-bond donors (Lipinski definition) is 0. The number of hydrogen-bond acceptors (Lipinski definition) is 2. The molecule has 1 rings (SSSR count). The van der Waals surface area contributed by atoms with Crippen LogP contribution in [0, 0.1) is 18.4 Å². The highest BCUT2D eigenvalue weighted by atomic mass is 79.9. The quantitative estimate of drug-likeness (QED) is 0.670. The Kier molecular flexibility index (Phi) is 2.50. The first-order valence-corrected chi connectivity index (χ1v) is 3.86. The van der Waals surface area contributed by atoms with Crippen molar-refractivity contribution in [2.24, 2.45) is 0 Å². The largest absolute Gasteiger partial charge is 0.387 e. The van der Waals surface area contributed by atoms with Crippen LogP contribution < -0.4 is 4.74 Å². The first kappa shape index (κ1) is 8.09. The summed E-state index contributed by atoms with van der Waals surface area (Å²) in [5.41, 5.74) is 0.945. The van der Waals surface area contributed by atoms with Gasteiger partial charge in [0, 0.05) is 0 Å². The van der Waals surface area contributed by atoms with Gasteiger partial charge in [-0.15, -0.1) is 5.26 Å². The molecule has 0 aromatic heterocycles. The van der Waals surface area contributed by atoms with E-state index in [0.717, 1.165) is 10.0 Å². The number of rotatable bonds is 1. The molecule has 0 radical (unpaired) electrons. The van der Waals surface area contributed by atoms with Crippen LogP contribution in [-0.4, -0.2) is 0 Å². The lowest BCUT2D eigenvalue weighted by Crippen LogP contribution is -1.86. The Bertz CT molecular complexity index is 283. The van der Waals surface area contributed by atoms with Gasteiger partial charge < -0.3 is 4.74 Å². The molecule has 0 fully saturated rings. The molecule has 3 heteroatoms. The molecule has 0 saturated heterocycles. The molecular weight excluding hydrogens is 206 g/mol. The fraction of sp³-hybridized carbons (Fsp3) is 0.125. The average Bonchev–Trinajstić information content (AvgIpc) is 1.97. The number of benzene rings is 1. The van der Waals surface area contributed by atoms with Crippen molar-refractivity contribution in [3.63, 3.8) is 0 Å². The Labute approximate surface area is 73.5 Å². The van der Waals surface area contributed by atoms with Crippen LogP contribution in [0.2, 0.25) is 0 Å². The lowest BCUT2D eigenvalue weighted by molar-refractivity contribution is 0.500. The van der Waals surface area contributed by atoms with Gasteiger partial charge in [0.1, 0.15) is 0 Å². The first-order valence-electron chi connectivity index (χ1n) is 3.06. The minimum absolute atomic E-state index is 0.593. The molecule has 0 aliphatic rings. The predicted molar refractivity (Wildman–Crippen MR) is 45.1 cm³/mol. The van der Waals surface area contributed by atoms with Crippen LogP contribution in [0.4, 0.5) is 0 Å². The maximum absolute atomic E-state index is 8.28. The van der Waals surface area contributed by atoms with Gasteiger partial charge in [-0.3, -0.25) is 0 Å². The SMILES string of the molecule is Cc1cccc(Br)c1OC#N. The summed E-state index contributed by atoms with van der Waals surface area (Å²) in [7, 11) is 0. The van der Waals surface area contributed by atoms with Crippen LogP contribution in [0.5, 0.6) is 5.75 Å². The van der Waals surface area contributed by atoms with Crippen LogP contribution >= 0.6 is 15.9 Å². The van der Waals surface area contributed by atoms with Crippen molar-refractivity contribution in [3.05, 3.63) is 28.2 Å². The van der Waals surface area contributed by atoms with E-state index >= 15 is 0 Å². The van der Waals surface area contributed by atoms with Crippen LogP contribution in [0.25, 0.3) is 0 Å². The van der Waals surface area contributed by atoms with E-state index in [9.17, 15) is 0 Å². The number of nitrogens with zero attached hydrogens (tertiary/aromatic N) is 1. The monoisotopic (exact) mass is 211 g/mol. The highest BCUT2D eigenvalue weighted by Crippen LogP contribution is 2.27. The van der Waals surface area contributed by atoms with Crippen molar-refractivity contribution >= 4 is 15.9 Å². The zero-order valence-corrected chi connectivity index (χ0v) is 7.55. The Morgan fingerprint density at radius 3 is 2.82 bits per heavy atom. The standard InChI is InChI=1S/C8H6BrNO/c1-6-3-2-4-7(9)8(6)11-5-10/h2-4H,1H3. The van der Waals surface area contributed by atoms with E-state index in [4.69, 9.17) is 10.00 Å². The fourth-order valence-corrected chi connectivity index (χ4v) is 1.34. The molecule has 0 heterocycles. The summed E-state index contributed by atoms with van der Waals surface area (Å²) in [6.45, 7) is 1.89. The van der Waals surface area contributed by atoms with Gasteiger partial charge in [0.05, 0.1) is 4.47 Å². The summed E-state index contributed by atoms with van der Waals surface area (Å²) >= 11 is 3.27. The van der Waals surface area contributed by atoms with E-state index in [2.05, 4.69) is 15.9 Å². The number of nitriles is 1. The molecule has 56 valence electrons. The summed E-state index contributed by atoms with van der Waals surface area (Å²) < 4.78 is 5.53. The van der Waals surface area contributed by atoms with Crippen LogP contribution in [-0.2, 0) is 0 Å². The number of aryl methyl sites for hydroxylation is 1. The van der Waals surface area contributed by atoms with Crippen LogP contribution in [0.1, 0.15) is 5.56 Å². The summed E-state index contributed by atoms with van der Waals surface area (Å²) in [6, 6.07) is 5.61. The Hall–Kier alpha value is -1.01. The number of halogens is 1. The Morgan fingerprint density at radius 1 is 1.55 bits per heavy atom. The summed E-state index contributed by atoms with van der Waals surface area (Å²) in [6.07, 6.45) is 1.64. The fourth-order valence-electron chi connectivity index (χ4n) is 0.792. The van der Waals surface area contributed by atoms with E-state index in [1.54, 1.807) is 6.26 Å². The van der Waals surface area contributed by atoms with Gasteiger partial charge in [-0.2, -0.15) is 0 Å². The number of para-hydroxylation sites is 1.